The van der Waals surface area contributed by atoms with Gasteiger partial charge in [0, 0.05) is 19.7 Å². The van der Waals surface area contributed by atoms with Gasteiger partial charge in [0.15, 0.2) is 5.16 Å². The van der Waals surface area contributed by atoms with Crippen LogP contribution in [0, 0.1) is 0 Å². The summed E-state index contributed by atoms with van der Waals surface area (Å²) in [7, 11) is 1.82. The van der Waals surface area contributed by atoms with Crippen molar-refractivity contribution in [1.82, 2.24) is 9.97 Å². The molecule has 96 valence electrons. The predicted molar refractivity (Wildman–Crippen MR) is 72.8 cm³/mol. The van der Waals surface area contributed by atoms with E-state index in [1.54, 1.807) is 0 Å². The number of nitrogens with zero attached hydrogens (tertiary/aromatic N) is 2. The zero-order valence-electron chi connectivity index (χ0n) is 10.5. The summed E-state index contributed by atoms with van der Waals surface area (Å²) >= 11 is 1.49. The third-order valence-corrected chi connectivity index (χ3v) is 2.83. The van der Waals surface area contributed by atoms with Gasteiger partial charge >= 0.3 is 0 Å². The fourth-order valence-electron chi connectivity index (χ4n) is 1.39. The summed E-state index contributed by atoms with van der Waals surface area (Å²) in [5.74, 6) is 1.51. The van der Waals surface area contributed by atoms with E-state index in [4.69, 9.17) is 0 Å². The van der Waals surface area contributed by atoms with Crippen LogP contribution >= 0.6 is 11.8 Å². The van der Waals surface area contributed by atoms with Gasteiger partial charge in [0.05, 0.1) is 6.10 Å². The molecule has 3 N–H and O–H groups in total. The third-order valence-electron chi connectivity index (χ3n) is 2.29. The molecule has 1 rings (SSSR count). The van der Waals surface area contributed by atoms with Crippen molar-refractivity contribution in [2.45, 2.75) is 31.0 Å². The van der Waals surface area contributed by atoms with Gasteiger partial charge in [0.2, 0.25) is 0 Å². The number of hydrogen-bond donors (Lipinski definition) is 3. The molecule has 1 heterocycles. The van der Waals surface area contributed by atoms with Crippen molar-refractivity contribution in [1.29, 1.82) is 0 Å². The van der Waals surface area contributed by atoms with E-state index in [1.807, 2.05) is 19.4 Å². The topological polar surface area (TPSA) is 70.1 Å². The summed E-state index contributed by atoms with van der Waals surface area (Å²) in [6, 6.07) is 1.83. The minimum absolute atomic E-state index is 0.328. The average Bonchev–Trinajstić information content (AvgIpc) is 2.36. The van der Waals surface area contributed by atoms with E-state index in [1.165, 1.54) is 11.8 Å². The van der Waals surface area contributed by atoms with Crippen molar-refractivity contribution >= 4 is 23.4 Å². The molecule has 0 bridgehead atoms. The molecule has 0 aliphatic heterocycles. The van der Waals surface area contributed by atoms with E-state index < -0.39 is 0 Å². The highest BCUT2D eigenvalue weighted by Gasteiger charge is 2.05. The van der Waals surface area contributed by atoms with Crippen LogP contribution in [0.5, 0.6) is 0 Å². The number of aliphatic hydroxyl groups excluding tert-OH is 1. The number of nitrogens with one attached hydrogen (secondary N) is 2. The van der Waals surface area contributed by atoms with Crippen LogP contribution in [0.25, 0.3) is 0 Å². The van der Waals surface area contributed by atoms with Crippen LogP contribution in [0.3, 0.4) is 0 Å². The second kappa shape index (κ2) is 7.34. The fourth-order valence-corrected chi connectivity index (χ4v) is 1.77. The van der Waals surface area contributed by atoms with E-state index >= 15 is 0 Å². The highest BCUT2D eigenvalue weighted by molar-refractivity contribution is 7.98. The van der Waals surface area contributed by atoms with Gasteiger partial charge in [0.25, 0.3) is 0 Å². The zero-order chi connectivity index (χ0) is 12.7. The quantitative estimate of drug-likeness (QED) is 0.510. The maximum absolute atomic E-state index is 9.64. The van der Waals surface area contributed by atoms with Gasteiger partial charge in [-0.05, 0) is 12.7 Å². The molecule has 1 unspecified atom stereocenters. The third kappa shape index (κ3) is 4.79. The first-order valence-corrected chi connectivity index (χ1v) is 6.94. The van der Waals surface area contributed by atoms with E-state index in [-0.39, 0.29) is 6.10 Å². The summed E-state index contributed by atoms with van der Waals surface area (Å²) in [4.78, 5) is 8.59. The van der Waals surface area contributed by atoms with Gasteiger partial charge in [0.1, 0.15) is 11.6 Å². The maximum Gasteiger partial charge on any atom is 0.191 e. The molecule has 6 heteroatoms. The molecule has 1 aromatic heterocycles. The Labute approximate surface area is 106 Å². The molecule has 0 radical (unpaired) electrons. The smallest absolute Gasteiger partial charge is 0.191 e. The predicted octanol–water partition coefficient (Wildman–Crippen LogP) is 1.81. The number of rotatable bonds is 7. The van der Waals surface area contributed by atoms with Crippen LogP contribution in [-0.2, 0) is 0 Å². The normalized spacial score (nSPS) is 12.2. The Kier molecular flexibility index (Phi) is 6.07. The Morgan fingerprint density at radius 3 is 2.71 bits per heavy atom. The molecular formula is C11H20N4OS. The summed E-state index contributed by atoms with van der Waals surface area (Å²) in [5.41, 5.74) is 0. The minimum Gasteiger partial charge on any atom is -0.391 e. The van der Waals surface area contributed by atoms with Crippen molar-refractivity contribution in [3.63, 3.8) is 0 Å². The van der Waals surface area contributed by atoms with Crippen LogP contribution in [0.1, 0.15) is 19.8 Å². The number of aliphatic hydroxyl groups is 1. The van der Waals surface area contributed by atoms with Crippen molar-refractivity contribution in [3.05, 3.63) is 6.07 Å². The van der Waals surface area contributed by atoms with Crippen LogP contribution in [-0.4, -0.2) is 41.0 Å². The monoisotopic (exact) mass is 256 g/mol. The summed E-state index contributed by atoms with van der Waals surface area (Å²) < 4.78 is 0. The van der Waals surface area contributed by atoms with E-state index in [2.05, 4.69) is 27.5 Å². The van der Waals surface area contributed by atoms with E-state index in [0.717, 1.165) is 24.5 Å². The lowest BCUT2D eigenvalue weighted by Gasteiger charge is -2.12. The molecule has 0 aromatic carbocycles. The molecule has 0 fully saturated rings. The first-order valence-electron chi connectivity index (χ1n) is 5.72. The molecular weight excluding hydrogens is 236 g/mol. The standard InChI is InChI=1S/C11H20N4OS/c1-4-5-8(16)7-13-10-6-9(12-2)14-11(15-10)17-3/h6,8,16H,4-5,7H2,1-3H3,(H2,12,13,14,15). The van der Waals surface area contributed by atoms with Crippen LogP contribution in [0.15, 0.2) is 11.2 Å². The van der Waals surface area contributed by atoms with Gasteiger partial charge in [-0.15, -0.1) is 0 Å². The lowest BCUT2D eigenvalue weighted by molar-refractivity contribution is 0.176. The number of thioether (sulfide) groups is 1. The van der Waals surface area contributed by atoms with Crippen molar-refractivity contribution < 1.29 is 5.11 Å². The lowest BCUT2D eigenvalue weighted by atomic mass is 10.2. The highest BCUT2D eigenvalue weighted by Crippen LogP contribution is 2.16. The largest absolute Gasteiger partial charge is 0.391 e. The van der Waals surface area contributed by atoms with Gasteiger partial charge in [-0.2, -0.15) is 0 Å². The SMILES string of the molecule is CCCC(O)CNc1cc(NC)nc(SC)n1. The van der Waals surface area contributed by atoms with Gasteiger partial charge < -0.3 is 15.7 Å². The molecule has 0 amide bonds. The molecule has 1 atom stereocenters. The Balaban J connectivity index is 2.63. The molecule has 0 saturated heterocycles. The molecule has 1 aromatic rings. The van der Waals surface area contributed by atoms with Gasteiger partial charge in [-0.3, -0.25) is 0 Å². The fraction of sp³-hybridized carbons (Fsp3) is 0.636. The Morgan fingerprint density at radius 1 is 1.41 bits per heavy atom. The van der Waals surface area contributed by atoms with Crippen LogP contribution in [0.2, 0.25) is 0 Å². The summed E-state index contributed by atoms with van der Waals surface area (Å²) in [6.07, 6.45) is 3.38. The van der Waals surface area contributed by atoms with Gasteiger partial charge in [-0.25, -0.2) is 9.97 Å². The second-order valence-corrected chi connectivity index (χ2v) is 4.47. The molecule has 0 aliphatic rings. The molecule has 5 nitrogen and oxygen atoms in total. The number of aromatic nitrogens is 2. The minimum atomic E-state index is -0.328. The first-order chi connectivity index (χ1) is 8.19. The van der Waals surface area contributed by atoms with Crippen LogP contribution in [0.4, 0.5) is 11.6 Å². The van der Waals surface area contributed by atoms with Crippen molar-refractivity contribution in [2.75, 3.05) is 30.5 Å². The maximum atomic E-state index is 9.64. The molecule has 0 spiro atoms. The van der Waals surface area contributed by atoms with Crippen molar-refractivity contribution in [2.24, 2.45) is 0 Å². The number of anilines is 2. The lowest BCUT2D eigenvalue weighted by Crippen LogP contribution is -2.19. The Morgan fingerprint density at radius 2 is 2.12 bits per heavy atom. The Hall–Kier alpha value is -1.01. The first kappa shape index (κ1) is 14.1. The summed E-state index contributed by atoms with van der Waals surface area (Å²) in [5, 5.41) is 16.5. The summed E-state index contributed by atoms with van der Waals surface area (Å²) in [6.45, 7) is 2.57. The van der Waals surface area contributed by atoms with E-state index in [9.17, 15) is 5.11 Å². The molecule has 0 aliphatic carbocycles. The molecule has 0 saturated carbocycles. The zero-order valence-corrected chi connectivity index (χ0v) is 11.3. The highest BCUT2D eigenvalue weighted by atomic mass is 32.2. The second-order valence-electron chi connectivity index (χ2n) is 3.70. The van der Waals surface area contributed by atoms with E-state index in [0.29, 0.717) is 11.7 Å². The number of hydrogen-bond acceptors (Lipinski definition) is 6. The van der Waals surface area contributed by atoms with Crippen LogP contribution < -0.4 is 10.6 Å². The molecule has 17 heavy (non-hydrogen) atoms. The Bertz CT molecular complexity index is 326. The van der Waals surface area contributed by atoms with Gasteiger partial charge in [-0.1, -0.05) is 25.1 Å². The average molecular weight is 256 g/mol. The van der Waals surface area contributed by atoms with Crippen molar-refractivity contribution in [3.8, 4) is 0 Å².